The molecule has 1 aliphatic rings. The van der Waals surface area contributed by atoms with Gasteiger partial charge in [0.1, 0.15) is 0 Å². The van der Waals surface area contributed by atoms with Crippen molar-refractivity contribution in [3.05, 3.63) is 0 Å². The van der Waals surface area contributed by atoms with Crippen molar-refractivity contribution in [3.8, 4) is 0 Å². The van der Waals surface area contributed by atoms with Crippen LogP contribution in [0, 0.1) is 11.8 Å². The van der Waals surface area contributed by atoms with E-state index < -0.39 is 5.97 Å². The van der Waals surface area contributed by atoms with Gasteiger partial charge in [0.25, 0.3) is 0 Å². The molecular formula is C14H26N2O4. The normalized spacial score (nSPS) is 22.2. The van der Waals surface area contributed by atoms with Crippen LogP contribution in [0.3, 0.4) is 0 Å². The summed E-state index contributed by atoms with van der Waals surface area (Å²) in [4.78, 5) is 22.7. The van der Waals surface area contributed by atoms with E-state index in [0.717, 1.165) is 32.1 Å². The summed E-state index contributed by atoms with van der Waals surface area (Å²) < 4.78 is 5.17. The van der Waals surface area contributed by atoms with Gasteiger partial charge in [-0.1, -0.05) is 12.8 Å². The van der Waals surface area contributed by atoms with Gasteiger partial charge >= 0.3 is 12.0 Å². The standard InChI is InChI=1S/C14H26N2O4/c1-2-20-9-5-8-15-14(19)16-10-11-6-3-4-7-12(11)13(17)18/h11-12H,2-10H2,1H3,(H,17,18)(H2,15,16,19). The van der Waals surface area contributed by atoms with E-state index in [9.17, 15) is 9.59 Å². The molecule has 2 atom stereocenters. The Morgan fingerprint density at radius 1 is 1.25 bits per heavy atom. The van der Waals surface area contributed by atoms with Crippen molar-refractivity contribution in [1.82, 2.24) is 10.6 Å². The molecule has 2 amide bonds. The largest absolute Gasteiger partial charge is 0.481 e. The third kappa shape index (κ3) is 6.23. The van der Waals surface area contributed by atoms with E-state index in [4.69, 9.17) is 9.84 Å². The molecule has 3 N–H and O–H groups in total. The highest BCUT2D eigenvalue weighted by Crippen LogP contribution is 2.29. The zero-order valence-corrected chi connectivity index (χ0v) is 12.2. The van der Waals surface area contributed by atoms with Crippen molar-refractivity contribution >= 4 is 12.0 Å². The van der Waals surface area contributed by atoms with Gasteiger partial charge in [0, 0.05) is 26.3 Å². The van der Waals surface area contributed by atoms with Crippen LogP contribution in [0.1, 0.15) is 39.0 Å². The van der Waals surface area contributed by atoms with Crippen LogP contribution >= 0.6 is 0 Å². The van der Waals surface area contributed by atoms with E-state index in [2.05, 4.69) is 10.6 Å². The topological polar surface area (TPSA) is 87.7 Å². The van der Waals surface area contributed by atoms with Crippen LogP contribution in [-0.4, -0.2) is 43.4 Å². The number of rotatable bonds is 8. The summed E-state index contributed by atoms with van der Waals surface area (Å²) in [5.41, 5.74) is 0. The number of hydrogen-bond acceptors (Lipinski definition) is 3. The predicted octanol–water partition coefficient (Wildman–Crippen LogP) is 1.60. The first-order chi connectivity index (χ1) is 9.65. The summed E-state index contributed by atoms with van der Waals surface area (Å²) in [5, 5.41) is 14.7. The number of aliphatic carboxylic acids is 1. The Hall–Kier alpha value is -1.30. The third-order valence-electron chi connectivity index (χ3n) is 3.71. The summed E-state index contributed by atoms with van der Waals surface area (Å²) >= 11 is 0. The van der Waals surface area contributed by atoms with Crippen molar-refractivity contribution < 1.29 is 19.4 Å². The molecule has 0 heterocycles. The number of amides is 2. The molecule has 1 aliphatic carbocycles. The zero-order valence-electron chi connectivity index (χ0n) is 12.2. The number of carboxylic acid groups (broad SMARTS) is 1. The highest BCUT2D eigenvalue weighted by molar-refractivity contribution is 5.74. The Bertz CT molecular complexity index is 310. The van der Waals surface area contributed by atoms with Gasteiger partial charge in [-0.25, -0.2) is 4.79 Å². The van der Waals surface area contributed by atoms with Gasteiger partial charge in [-0.15, -0.1) is 0 Å². The van der Waals surface area contributed by atoms with Crippen LogP contribution in [0.25, 0.3) is 0 Å². The van der Waals surface area contributed by atoms with Crippen molar-refractivity contribution in [3.63, 3.8) is 0 Å². The molecular weight excluding hydrogens is 260 g/mol. The third-order valence-corrected chi connectivity index (χ3v) is 3.71. The number of carboxylic acids is 1. The minimum atomic E-state index is -0.742. The monoisotopic (exact) mass is 286 g/mol. The molecule has 0 aromatic rings. The Kier molecular flexibility index (Phi) is 8.02. The van der Waals surface area contributed by atoms with Crippen molar-refractivity contribution in [1.29, 1.82) is 0 Å². The maximum Gasteiger partial charge on any atom is 0.314 e. The molecule has 0 aliphatic heterocycles. The van der Waals surface area contributed by atoms with Gasteiger partial charge in [0.15, 0.2) is 0 Å². The molecule has 0 radical (unpaired) electrons. The van der Waals surface area contributed by atoms with E-state index in [0.29, 0.717) is 26.3 Å². The Morgan fingerprint density at radius 2 is 2.00 bits per heavy atom. The summed E-state index contributed by atoms with van der Waals surface area (Å²) in [6.07, 6.45) is 4.39. The predicted molar refractivity (Wildman–Crippen MR) is 75.6 cm³/mol. The summed E-state index contributed by atoms with van der Waals surface area (Å²) in [5.74, 6) is -1.01. The summed E-state index contributed by atoms with van der Waals surface area (Å²) in [6.45, 7) is 4.27. The average molecular weight is 286 g/mol. The lowest BCUT2D eigenvalue weighted by atomic mass is 9.79. The lowest BCUT2D eigenvalue weighted by Crippen LogP contribution is -2.42. The second kappa shape index (κ2) is 9.58. The SMILES string of the molecule is CCOCCCNC(=O)NCC1CCCCC1C(=O)O. The highest BCUT2D eigenvalue weighted by Gasteiger charge is 2.30. The maximum absolute atomic E-state index is 11.6. The molecule has 1 saturated carbocycles. The Balaban J connectivity index is 2.17. The van der Waals surface area contributed by atoms with Crippen molar-refractivity contribution in [2.24, 2.45) is 11.8 Å². The van der Waals surface area contributed by atoms with E-state index >= 15 is 0 Å². The van der Waals surface area contributed by atoms with Crippen LogP contribution < -0.4 is 10.6 Å². The molecule has 0 aromatic heterocycles. The molecule has 20 heavy (non-hydrogen) atoms. The molecule has 6 nitrogen and oxygen atoms in total. The van der Waals surface area contributed by atoms with Crippen molar-refractivity contribution in [2.75, 3.05) is 26.3 Å². The van der Waals surface area contributed by atoms with Crippen molar-refractivity contribution in [2.45, 2.75) is 39.0 Å². The van der Waals surface area contributed by atoms with E-state index in [1.54, 1.807) is 0 Å². The molecule has 0 bridgehead atoms. The van der Waals surface area contributed by atoms with Gasteiger partial charge in [0.2, 0.25) is 0 Å². The fourth-order valence-electron chi connectivity index (χ4n) is 2.58. The van der Waals surface area contributed by atoms with Gasteiger partial charge < -0.3 is 20.5 Å². The molecule has 6 heteroatoms. The lowest BCUT2D eigenvalue weighted by molar-refractivity contribution is -0.144. The van der Waals surface area contributed by atoms with Crippen LogP contribution in [0.5, 0.6) is 0 Å². The maximum atomic E-state index is 11.6. The average Bonchev–Trinajstić information content (AvgIpc) is 2.45. The minimum Gasteiger partial charge on any atom is -0.481 e. The van der Waals surface area contributed by atoms with E-state index in [-0.39, 0.29) is 17.9 Å². The minimum absolute atomic E-state index is 0.0513. The summed E-state index contributed by atoms with van der Waals surface area (Å²) in [6, 6.07) is -0.226. The number of urea groups is 1. The first-order valence-corrected chi connectivity index (χ1v) is 7.47. The van der Waals surface area contributed by atoms with Crippen LogP contribution in [-0.2, 0) is 9.53 Å². The zero-order chi connectivity index (χ0) is 14.8. The number of carbonyl (C=O) groups excluding carboxylic acids is 1. The van der Waals surface area contributed by atoms with Crippen LogP contribution in [0.4, 0.5) is 4.79 Å². The number of nitrogens with one attached hydrogen (secondary N) is 2. The van der Waals surface area contributed by atoms with Gasteiger partial charge in [-0.05, 0) is 32.1 Å². The fraction of sp³-hybridized carbons (Fsp3) is 0.857. The number of ether oxygens (including phenoxy) is 1. The molecule has 1 rings (SSSR count). The van der Waals surface area contributed by atoms with E-state index in [1.807, 2.05) is 6.92 Å². The lowest BCUT2D eigenvalue weighted by Gasteiger charge is -2.28. The number of hydrogen-bond donors (Lipinski definition) is 3. The first kappa shape index (κ1) is 16.8. The molecule has 0 aromatic carbocycles. The second-order valence-electron chi connectivity index (χ2n) is 5.18. The summed E-state index contributed by atoms with van der Waals surface area (Å²) in [7, 11) is 0. The molecule has 0 spiro atoms. The van der Waals surface area contributed by atoms with Gasteiger partial charge in [0.05, 0.1) is 5.92 Å². The van der Waals surface area contributed by atoms with Gasteiger partial charge in [-0.2, -0.15) is 0 Å². The Labute approximate surface area is 120 Å². The van der Waals surface area contributed by atoms with Crippen LogP contribution in [0.15, 0.2) is 0 Å². The highest BCUT2D eigenvalue weighted by atomic mass is 16.5. The molecule has 2 unspecified atom stereocenters. The molecule has 0 saturated heterocycles. The smallest absolute Gasteiger partial charge is 0.314 e. The van der Waals surface area contributed by atoms with Gasteiger partial charge in [-0.3, -0.25) is 4.79 Å². The first-order valence-electron chi connectivity index (χ1n) is 7.47. The fourth-order valence-corrected chi connectivity index (χ4v) is 2.58. The molecule has 116 valence electrons. The quantitative estimate of drug-likeness (QED) is 0.591. The second-order valence-corrected chi connectivity index (χ2v) is 5.18. The Morgan fingerprint density at radius 3 is 2.70 bits per heavy atom. The number of carbonyl (C=O) groups is 2. The molecule has 1 fully saturated rings. The van der Waals surface area contributed by atoms with E-state index in [1.165, 1.54) is 0 Å². The van der Waals surface area contributed by atoms with Crippen LogP contribution in [0.2, 0.25) is 0 Å².